The van der Waals surface area contributed by atoms with Crippen LogP contribution in [-0.4, -0.2) is 29.7 Å². The third-order valence-electron chi connectivity index (χ3n) is 3.47. The number of nitrogens with zero attached hydrogens (tertiary/aromatic N) is 1. The summed E-state index contributed by atoms with van der Waals surface area (Å²) in [6.45, 7) is 1.57. The maximum atomic E-state index is 12.7. The van der Waals surface area contributed by atoms with Crippen molar-refractivity contribution in [2.75, 3.05) is 19.7 Å². The van der Waals surface area contributed by atoms with E-state index in [1.807, 2.05) is 4.90 Å². The van der Waals surface area contributed by atoms with Crippen LogP contribution in [0.3, 0.4) is 0 Å². The number of nitrogens with two attached hydrogens (primary N) is 1. The first-order chi connectivity index (χ1) is 8.97. The number of halogens is 3. The van der Waals surface area contributed by atoms with Crippen molar-refractivity contribution in [1.29, 1.82) is 0 Å². The first-order valence-corrected chi connectivity index (χ1v) is 6.22. The van der Waals surface area contributed by atoms with Gasteiger partial charge in [-0.15, -0.1) is 0 Å². The molecule has 1 atom stereocenters. The van der Waals surface area contributed by atoms with Crippen LogP contribution in [0.1, 0.15) is 29.2 Å². The third kappa shape index (κ3) is 2.91. The number of hydrogen-bond donors (Lipinski definition) is 2. The topological polar surface area (TPSA) is 49.5 Å². The van der Waals surface area contributed by atoms with Crippen LogP contribution < -0.4 is 5.73 Å². The monoisotopic (exact) mass is 274 g/mol. The van der Waals surface area contributed by atoms with Gasteiger partial charge in [0, 0.05) is 32.3 Å². The molecule has 0 fully saturated rings. The summed E-state index contributed by atoms with van der Waals surface area (Å²) in [5.74, 6) is 0. The highest BCUT2D eigenvalue weighted by Crippen LogP contribution is 2.37. The second-order valence-electron chi connectivity index (χ2n) is 4.71. The summed E-state index contributed by atoms with van der Waals surface area (Å²) < 4.78 is 38.1. The molecule has 0 aromatic heterocycles. The quantitative estimate of drug-likeness (QED) is 0.881. The van der Waals surface area contributed by atoms with E-state index in [-0.39, 0.29) is 19.2 Å². The zero-order valence-electron chi connectivity index (χ0n) is 10.5. The lowest BCUT2D eigenvalue weighted by Crippen LogP contribution is -2.29. The fraction of sp³-hybridized carbons (Fsp3) is 0.538. The van der Waals surface area contributed by atoms with E-state index in [0.29, 0.717) is 25.1 Å². The van der Waals surface area contributed by atoms with Crippen molar-refractivity contribution in [3.8, 4) is 0 Å². The SMILES string of the molecule is NCC1c2cc(C(F)(F)F)ccc2CN1CCCO. The number of rotatable bonds is 4. The average Bonchev–Trinajstić information content (AvgIpc) is 2.71. The van der Waals surface area contributed by atoms with Crippen LogP contribution in [0.25, 0.3) is 0 Å². The van der Waals surface area contributed by atoms with Gasteiger partial charge >= 0.3 is 6.18 Å². The van der Waals surface area contributed by atoms with Gasteiger partial charge in [-0.3, -0.25) is 4.90 Å². The normalized spacial score (nSPS) is 19.7. The van der Waals surface area contributed by atoms with Crippen molar-refractivity contribution in [2.45, 2.75) is 25.2 Å². The molecule has 19 heavy (non-hydrogen) atoms. The molecule has 3 nitrogen and oxygen atoms in total. The second kappa shape index (κ2) is 5.48. The lowest BCUT2D eigenvalue weighted by atomic mass is 10.0. The van der Waals surface area contributed by atoms with Crippen molar-refractivity contribution in [1.82, 2.24) is 4.90 Å². The highest BCUT2D eigenvalue weighted by Gasteiger charge is 2.35. The zero-order valence-corrected chi connectivity index (χ0v) is 10.5. The summed E-state index contributed by atoms with van der Waals surface area (Å²) in [5, 5.41) is 8.85. The molecule has 1 aromatic carbocycles. The van der Waals surface area contributed by atoms with Crippen molar-refractivity contribution in [3.05, 3.63) is 34.9 Å². The fourth-order valence-electron chi connectivity index (χ4n) is 2.54. The first kappa shape index (κ1) is 14.3. The van der Waals surface area contributed by atoms with Gasteiger partial charge in [-0.05, 0) is 29.7 Å². The molecule has 0 bridgehead atoms. The van der Waals surface area contributed by atoms with Crippen LogP contribution in [0.5, 0.6) is 0 Å². The van der Waals surface area contributed by atoms with Crippen molar-refractivity contribution < 1.29 is 18.3 Å². The van der Waals surface area contributed by atoms with Gasteiger partial charge in [-0.1, -0.05) is 6.07 Å². The fourth-order valence-corrected chi connectivity index (χ4v) is 2.54. The van der Waals surface area contributed by atoms with E-state index < -0.39 is 11.7 Å². The first-order valence-electron chi connectivity index (χ1n) is 6.22. The molecule has 1 heterocycles. The maximum Gasteiger partial charge on any atom is 0.416 e. The molecule has 0 aliphatic carbocycles. The molecular weight excluding hydrogens is 257 g/mol. The Morgan fingerprint density at radius 2 is 2.11 bits per heavy atom. The minimum atomic E-state index is -4.33. The molecule has 0 saturated heterocycles. The average molecular weight is 274 g/mol. The second-order valence-corrected chi connectivity index (χ2v) is 4.71. The Morgan fingerprint density at radius 1 is 1.37 bits per heavy atom. The van der Waals surface area contributed by atoms with Gasteiger partial charge in [-0.2, -0.15) is 13.2 Å². The summed E-state index contributed by atoms with van der Waals surface area (Å²) in [6.07, 6.45) is -3.73. The molecule has 1 unspecified atom stereocenters. The molecular formula is C13H17F3N2O. The minimum Gasteiger partial charge on any atom is -0.396 e. The van der Waals surface area contributed by atoms with Gasteiger partial charge in [0.25, 0.3) is 0 Å². The lowest BCUT2D eigenvalue weighted by molar-refractivity contribution is -0.137. The summed E-state index contributed by atoms with van der Waals surface area (Å²) in [7, 11) is 0. The molecule has 0 radical (unpaired) electrons. The largest absolute Gasteiger partial charge is 0.416 e. The minimum absolute atomic E-state index is 0.0674. The summed E-state index contributed by atoms with van der Waals surface area (Å²) in [4.78, 5) is 2.01. The van der Waals surface area contributed by atoms with Crippen LogP contribution >= 0.6 is 0 Å². The molecule has 1 aliphatic heterocycles. The van der Waals surface area contributed by atoms with Crippen LogP contribution in [0.15, 0.2) is 18.2 Å². The highest BCUT2D eigenvalue weighted by molar-refractivity contribution is 5.39. The van der Waals surface area contributed by atoms with Crippen LogP contribution in [0.4, 0.5) is 13.2 Å². The van der Waals surface area contributed by atoms with Crippen LogP contribution in [-0.2, 0) is 12.7 Å². The van der Waals surface area contributed by atoms with Crippen LogP contribution in [0, 0.1) is 0 Å². The summed E-state index contributed by atoms with van der Waals surface area (Å²) in [6, 6.07) is 3.65. The van der Waals surface area contributed by atoms with E-state index in [2.05, 4.69) is 0 Å². The predicted molar refractivity (Wildman–Crippen MR) is 65.4 cm³/mol. The van der Waals surface area contributed by atoms with Gasteiger partial charge in [0.15, 0.2) is 0 Å². The standard InChI is InChI=1S/C13H17F3N2O/c14-13(15,16)10-3-2-9-8-18(4-1-5-19)12(7-17)11(9)6-10/h2-3,6,12,19H,1,4-5,7-8,17H2. The summed E-state index contributed by atoms with van der Waals surface area (Å²) in [5.41, 5.74) is 6.61. The van der Waals surface area contributed by atoms with Crippen molar-refractivity contribution in [2.24, 2.45) is 5.73 Å². The van der Waals surface area contributed by atoms with Crippen LogP contribution in [0.2, 0.25) is 0 Å². The van der Waals surface area contributed by atoms with Gasteiger partial charge in [0.05, 0.1) is 5.56 Å². The predicted octanol–water partition coefficient (Wildman–Crippen LogP) is 1.90. The Hall–Kier alpha value is -1.11. The van der Waals surface area contributed by atoms with E-state index in [0.717, 1.165) is 11.6 Å². The number of alkyl halides is 3. The number of hydrogen-bond acceptors (Lipinski definition) is 3. The van der Waals surface area contributed by atoms with E-state index >= 15 is 0 Å². The van der Waals surface area contributed by atoms with Gasteiger partial charge in [0.1, 0.15) is 0 Å². The zero-order chi connectivity index (χ0) is 14.0. The number of aliphatic hydroxyl groups excluding tert-OH is 1. The molecule has 6 heteroatoms. The van der Waals surface area contributed by atoms with Gasteiger partial charge < -0.3 is 10.8 Å². The number of fused-ring (bicyclic) bond motifs is 1. The van der Waals surface area contributed by atoms with Gasteiger partial charge in [-0.25, -0.2) is 0 Å². The highest BCUT2D eigenvalue weighted by atomic mass is 19.4. The van der Waals surface area contributed by atoms with E-state index in [9.17, 15) is 13.2 Å². The number of aliphatic hydroxyl groups is 1. The molecule has 0 spiro atoms. The third-order valence-corrected chi connectivity index (χ3v) is 3.47. The Balaban J connectivity index is 2.27. The lowest BCUT2D eigenvalue weighted by Gasteiger charge is -2.23. The summed E-state index contributed by atoms with van der Waals surface area (Å²) >= 11 is 0. The Bertz CT molecular complexity index is 448. The Labute approximate surface area is 109 Å². The van der Waals surface area contributed by atoms with Gasteiger partial charge in [0.2, 0.25) is 0 Å². The molecule has 1 aliphatic rings. The molecule has 1 aromatic rings. The number of benzene rings is 1. The molecule has 0 amide bonds. The Kier molecular flexibility index (Phi) is 4.13. The maximum absolute atomic E-state index is 12.7. The molecule has 3 N–H and O–H groups in total. The van der Waals surface area contributed by atoms with E-state index in [4.69, 9.17) is 10.8 Å². The van der Waals surface area contributed by atoms with E-state index in [1.165, 1.54) is 12.1 Å². The Morgan fingerprint density at radius 3 is 2.68 bits per heavy atom. The smallest absolute Gasteiger partial charge is 0.396 e. The molecule has 106 valence electrons. The van der Waals surface area contributed by atoms with E-state index in [1.54, 1.807) is 0 Å². The molecule has 2 rings (SSSR count). The molecule has 0 saturated carbocycles. The van der Waals surface area contributed by atoms with Crippen molar-refractivity contribution >= 4 is 0 Å². The van der Waals surface area contributed by atoms with Crippen molar-refractivity contribution in [3.63, 3.8) is 0 Å².